The first kappa shape index (κ1) is 12.0. The highest BCUT2D eigenvalue weighted by Gasteiger charge is 2.19. The molecule has 1 aromatic carbocycles. The molecule has 1 N–H and O–H groups in total. The molecule has 0 heterocycles. The van der Waals surface area contributed by atoms with E-state index in [2.05, 4.69) is 52.4 Å². The second-order valence-electron chi connectivity index (χ2n) is 4.78. The number of hydrogen-bond donors (Lipinski definition) is 1. The molecule has 1 aliphatic carbocycles. The van der Waals surface area contributed by atoms with Crippen molar-refractivity contribution in [2.45, 2.75) is 45.1 Å². The van der Waals surface area contributed by atoms with Crippen molar-refractivity contribution in [1.29, 1.82) is 0 Å². The minimum absolute atomic E-state index is 0.678. The smallest absolute Gasteiger partial charge is 0.0353 e. The zero-order chi connectivity index (χ0) is 11.4. The molecule has 88 valence electrons. The van der Waals surface area contributed by atoms with Crippen LogP contribution in [0.2, 0.25) is 0 Å². The van der Waals surface area contributed by atoms with E-state index < -0.39 is 0 Å². The lowest BCUT2D eigenvalue weighted by Gasteiger charge is -2.29. The van der Waals surface area contributed by atoms with Crippen LogP contribution in [0.4, 0.5) is 5.69 Å². The van der Waals surface area contributed by atoms with E-state index in [1.165, 1.54) is 37.8 Å². The molecule has 1 aromatic rings. The van der Waals surface area contributed by atoms with Gasteiger partial charge in [0.2, 0.25) is 0 Å². The van der Waals surface area contributed by atoms with Crippen LogP contribution in [0, 0.1) is 5.92 Å². The summed E-state index contributed by atoms with van der Waals surface area (Å²) in [6.45, 7) is 2.31. The van der Waals surface area contributed by atoms with Crippen LogP contribution in [0.15, 0.2) is 28.7 Å². The van der Waals surface area contributed by atoms with E-state index in [4.69, 9.17) is 0 Å². The molecule has 0 aliphatic heterocycles. The Morgan fingerprint density at radius 1 is 1.25 bits per heavy atom. The number of anilines is 1. The maximum Gasteiger partial charge on any atom is 0.0353 e. The van der Waals surface area contributed by atoms with Gasteiger partial charge in [-0.3, -0.25) is 0 Å². The highest BCUT2D eigenvalue weighted by Crippen LogP contribution is 2.28. The maximum absolute atomic E-state index is 3.64. The van der Waals surface area contributed by atoms with Gasteiger partial charge in [0.05, 0.1) is 0 Å². The van der Waals surface area contributed by atoms with E-state index in [-0.39, 0.29) is 0 Å². The molecule has 0 bridgehead atoms. The minimum Gasteiger partial charge on any atom is -0.382 e. The molecule has 1 nitrogen and oxygen atoms in total. The van der Waals surface area contributed by atoms with Gasteiger partial charge in [0.1, 0.15) is 0 Å². The van der Waals surface area contributed by atoms with Crippen LogP contribution in [0.1, 0.15) is 39.0 Å². The number of hydrogen-bond acceptors (Lipinski definition) is 1. The molecule has 16 heavy (non-hydrogen) atoms. The summed E-state index contributed by atoms with van der Waals surface area (Å²) in [4.78, 5) is 0. The first-order chi connectivity index (χ1) is 7.78. The van der Waals surface area contributed by atoms with Crippen molar-refractivity contribution in [3.63, 3.8) is 0 Å². The lowest BCUT2D eigenvalue weighted by atomic mass is 9.84. The Balaban J connectivity index is 1.87. The number of nitrogens with one attached hydrogen (secondary N) is 1. The Bertz CT molecular complexity index is 329. The van der Waals surface area contributed by atoms with E-state index in [9.17, 15) is 0 Å². The van der Waals surface area contributed by atoms with Gasteiger partial charge in [-0.05, 0) is 49.8 Å². The fourth-order valence-corrected chi connectivity index (χ4v) is 2.93. The first-order valence-electron chi connectivity index (χ1n) is 6.30. The Kier molecular flexibility index (Phi) is 4.28. The van der Waals surface area contributed by atoms with Gasteiger partial charge in [0, 0.05) is 16.2 Å². The zero-order valence-electron chi connectivity index (χ0n) is 9.88. The normalized spacial score (nSPS) is 25.4. The van der Waals surface area contributed by atoms with Crippen LogP contribution in [-0.2, 0) is 0 Å². The molecule has 0 unspecified atom stereocenters. The average molecular weight is 282 g/mol. The molecule has 0 amide bonds. The van der Waals surface area contributed by atoms with Gasteiger partial charge in [-0.15, -0.1) is 0 Å². The van der Waals surface area contributed by atoms with Crippen LogP contribution in [0.25, 0.3) is 0 Å². The van der Waals surface area contributed by atoms with Gasteiger partial charge in [-0.1, -0.05) is 35.3 Å². The summed E-state index contributed by atoms with van der Waals surface area (Å²) in [5.41, 5.74) is 1.24. The predicted molar refractivity (Wildman–Crippen MR) is 73.8 cm³/mol. The third-order valence-electron chi connectivity index (χ3n) is 3.62. The van der Waals surface area contributed by atoms with Crippen LogP contribution < -0.4 is 5.32 Å². The molecule has 0 spiro atoms. The van der Waals surface area contributed by atoms with E-state index >= 15 is 0 Å². The number of rotatable bonds is 3. The second-order valence-corrected chi connectivity index (χ2v) is 5.70. The quantitative estimate of drug-likeness (QED) is 0.837. The Morgan fingerprint density at radius 2 is 2.00 bits per heavy atom. The fourth-order valence-electron chi connectivity index (χ4n) is 2.53. The highest BCUT2D eigenvalue weighted by atomic mass is 79.9. The van der Waals surface area contributed by atoms with Crippen molar-refractivity contribution in [1.82, 2.24) is 0 Å². The molecule has 1 saturated carbocycles. The van der Waals surface area contributed by atoms with Gasteiger partial charge in [-0.2, -0.15) is 0 Å². The third kappa shape index (κ3) is 3.24. The lowest BCUT2D eigenvalue weighted by molar-refractivity contribution is 0.330. The highest BCUT2D eigenvalue weighted by molar-refractivity contribution is 9.10. The van der Waals surface area contributed by atoms with Crippen molar-refractivity contribution in [3.05, 3.63) is 28.7 Å². The van der Waals surface area contributed by atoms with Gasteiger partial charge in [0.15, 0.2) is 0 Å². The minimum atomic E-state index is 0.678. The van der Waals surface area contributed by atoms with Gasteiger partial charge >= 0.3 is 0 Å². The van der Waals surface area contributed by atoms with Crippen LogP contribution in [0.5, 0.6) is 0 Å². The fraction of sp³-hybridized carbons (Fsp3) is 0.571. The van der Waals surface area contributed by atoms with E-state index in [0.29, 0.717) is 6.04 Å². The standard InChI is InChI=1S/C14H20BrN/c1-2-11-6-8-13(9-7-11)16-14-5-3-4-12(15)10-14/h3-5,10-11,13,16H,2,6-9H2,1H3. The number of benzene rings is 1. The van der Waals surface area contributed by atoms with E-state index in [1.54, 1.807) is 0 Å². The topological polar surface area (TPSA) is 12.0 Å². The van der Waals surface area contributed by atoms with Crippen LogP contribution in [-0.4, -0.2) is 6.04 Å². The maximum atomic E-state index is 3.64. The molecule has 2 rings (SSSR count). The Morgan fingerprint density at radius 3 is 2.62 bits per heavy atom. The molecule has 0 radical (unpaired) electrons. The molecule has 0 aromatic heterocycles. The Hall–Kier alpha value is -0.500. The average Bonchev–Trinajstić information content (AvgIpc) is 2.30. The molecule has 0 atom stereocenters. The summed E-state index contributed by atoms with van der Waals surface area (Å²) in [5.74, 6) is 0.973. The molecule has 0 saturated heterocycles. The monoisotopic (exact) mass is 281 g/mol. The molecular weight excluding hydrogens is 262 g/mol. The predicted octanol–water partition coefficient (Wildman–Crippen LogP) is 4.83. The van der Waals surface area contributed by atoms with Gasteiger partial charge < -0.3 is 5.32 Å². The van der Waals surface area contributed by atoms with Crippen LogP contribution in [0.3, 0.4) is 0 Å². The largest absolute Gasteiger partial charge is 0.382 e. The van der Waals surface area contributed by atoms with Crippen molar-refractivity contribution in [2.75, 3.05) is 5.32 Å². The van der Waals surface area contributed by atoms with Crippen molar-refractivity contribution >= 4 is 21.6 Å². The summed E-state index contributed by atoms with van der Waals surface area (Å²) < 4.78 is 1.15. The lowest BCUT2D eigenvalue weighted by Crippen LogP contribution is -2.25. The Labute approximate surface area is 107 Å². The second kappa shape index (κ2) is 5.72. The van der Waals surface area contributed by atoms with Gasteiger partial charge in [0.25, 0.3) is 0 Å². The van der Waals surface area contributed by atoms with E-state index in [0.717, 1.165) is 10.4 Å². The zero-order valence-corrected chi connectivity index (χ0v) is 11.5. The van der Waals surface area contributed by atoms with Crippen molar-refractivity contribution in [3.8, 4) is 0 Å². The summed E-state index contributed by atoms with van der Waals surface area (Å²) in [6, 6.07) is 9.14. The van der Waals surface area contributed by atoms with E-state index in [1.807, 2.05) is 0 Å². The summed E-state index contributed by atoms with van der Waals surface area (Å²) in [6.07, 6.45) is 6.78. The number of halogens is 1. The molecule has 2 heteroatoms. The van der Waals surface area contributed by atoms with Crippen LogP contribution >= 0.6 is 15.9 Å². The van der Waals surface area contributed by atoms with Crippen molar-refractivity contribution < 1.29 is 0 Å². The first-order valence-corrected chi connectivity index (χ1v) is 7.09. The molecular formula is C14H20BrN. The van der Waals surface area contributed by atoms with Crippen molar-refractivity contribution in [2.24, 2.45) is 5.92 Å². The molecule has 1 aliphatic rings. The van der Waals surface area contributed by atoms with Gasteiger partial charge in [-0.25, -0.2) is 0 Å². The SMILES string of the molecule is CCC1CCC(Nc2cccc(Br)c2)CC1. The molecule has 1 fully saturated rings. The third-order valence-corrected chi connectivity index (χ3v) is 4.11. The summed E-state index contributed by atoms with van der Waals surface area (Å²) in [7, 11) is 0. The summed E-state index contributed by atoms with van der Waals surface area (Å²) >= 11 is 3.51. The summed E-state index contributed by atoms with van der Waals surface area (Å²) in [5, 5.41) is 3.64.